The first-order valence-electron chi connectivity index (χ1n) is 14.4. The number of hydrogen-bond acceptors (Lipinski definition) is 8. The molecule has 0 unspecified atom stereocenters. The van der Waals surface area contributed by atoms with Gasteiger partial charge in [0.15, 0.2) is 46.0 Å². The van der Waals surface area contributed by atoms with Gasteiger partial charge in [-0.3, -0.25) is 0 Å². The Morgan fingerprint density at radius 3 is 1.20 bits per heavy atom. The van der Waals surface area contributed by atoms with E-state index >= 15 is 0 Å². The first-order chi connectivity index (χ1) is 19.4. The van der Waals surface area contributed by atoms with Gasteiger partial charge in [-0.25, -0.2) is 0 Å². The molecule has 0 aliphatic rings. The summed E-state index contributed by atoms with van der Waals surface area (Å²) >= 11 is 0. The van der Waals surface area contributed by atoms with Gasteiger partial charge in [-0.05, 0) is 51.4 Å². The number of benzene rings is 2. The number of rotatable bonds is 20. The zero-order chi connectivity index (χ0) is 29.3. The summed E-state index contributed by atoms with van der Waals surface area (Å²) in [5, 5.41) is 41.0. The van der Waals surface area contributed by atoms with Crippen LogP contribution in [0, 0.1) is 0 Å². The molecule has 0 aliphatic heterocycles. The van der Waals surface area contributed by atoms with Crippen LogP contribution in [0.5, 0.6) is 46.0 Å². The minimum absolute atomic E-state index is 0.0209. The molecule has 8 nitrogen and oxygen atoms in total. The van der Waals surface area contributed by atoms with E-state index < -0.39 is 0 Å². The van der Waals surface area contributed by atoms with E-state index in [0.717, 1.165) is 51.4 Å². The molecule has 40 heavy (non-hydrogen) atoms. The van der Waals surface area contributed by atoms with E-state index in [2.05, 4.69) is 12.2 Å². The standard InChI is InChI=1S/C32H48O8/c1-37-27-21-25(33)31(39-3)23(29(27)35)19-17-15-13-11-9-7-5-6-8-10-12-14-16-18-20-24-30(36)28(38-2)22-26(34)32(24)40-4/h5-6,21-22,33-36H,7-20H2,1-4H3/b6-5+. The summed E-state index contributed by atoms with van der Waals surface area (Å²) in [6.45, 7) is 0. The Balaban J connectivity index is 1.52. The van der Waals surface area contributed by atoms with Crippen molar-refractivity contribution < 1.29 is 39.4 Å². The Morgan fingerprint density at radius 2 is 0.850 bits per heavy atom. The number of ether oxygens (including phenoxy) is 4. The fourth-order valence-electron chi connectivity index (χ4n) is 4.99. The van der Waals surface area contributed by atoms with Crippen molar-refractivity contribution in [1.29, 1.82) is 0 Å². The molecule has 0 atom stereocenters. The van der Waals surface area contributed by atoms with E-state index in [1.807, 2.05) is 0 Å². The lowest BCUT2D eigenvalue weighted by Gasteiger charge is -2.15. The summed E-state index contributed by atoms with van der Waals surface area (Å²) in [5.41, 5.74) is 1.19. The van der Waals surface area contributed by atoms with Crippen LogP contribution >= 0.6 is 0 Å². The molecule has 2 aromatic rings. The molecule has 0 bridgehead atoms. The third-order valence-electron chi connectivity index (χ3n) is 7.20. The number of aromatic hydroxyl groups is 4. The van der Waals surface area contributed by atoms with Crippen molar-refractivity contribution >= 4 is 0 Å². The molecular weight excluding hydrogens is 512 g/mol. The lowest BCUT2D eigenvalue weighted by molar-refractivity contribution is 0.340. The molecule has 0 saturated heterocycles. The van der Waals surface area contributed by atoms with E-state index in [9.17, 15) is 20.4 Å². The normalized spacial score (nSPS) is 11.2. The predicted molar refractivity (Wildman–Crippen MR) is 158 cm³/mol. The molecule has 0 aliphatic carbocycles. The minimum atomic E-state index is -0.0209. The molecule has 0 amide bonds. The second kappa shape index (κ2) is 18.0. The molecule has 0 heterocycles. The van der Waals surface area contributed by atoms with Gasteiger partial charge < -0.3 is 39.4 Å². The monoisotopic (exact) mass is 560 g/mol. The van der Waals surface area contributed by atoms with Gasteiger partial charge in [-0.15, -0.1) is 0 Å². The molecule has 224 valence electrons. The molecule has 0 aromatic heterocycles. The van der Waals surface area contributed by atoms with Crippen molar-refractivity contribution in [3.63, 3.8) is 0 Å². The van der Waals surface area contributed by atoms with Gasteiger partial charge in [0.25, 0.3) is 0 Å². The highest BCUT2D eigenvalue weighted by atomic mass is 16.5. The highest BCUT2D eigenvalue weighted by molar-refractivity contribution is 5.60. The van der Waals surface area contributed by atoms with Gasteiger partial charge in [-0.1, -0.05) is 50.7 Å². The molecule has 4 N–H and O–H groups in total. The highest BCUT2D eigenvalue weighted by Crippen LogP contribution is 2.45. The zero-order valence-corrected chi connectivity index (χ0v) is 24.6. The van der Waals surface area contributed by atoms with Gasteiger partial charge in [0.2, 0.25) is 0 Å². The Morgan fingerprint density at radius 1 is 0.500 bits per heavy atom. The third-order valence-corrected chi connectivity index (χ3v) is 7.20. The number of hydrogen-bond donors (Lipinski definition) is 4. The lowest BCUT2D eigenvalue weighted by Crippen LogP contribution is -1.97. The van der Waals surface area contributed by atoms with Crippen LogP contribution in [0.15, 0.2) is 24.3 Å². The van der Waals surface area contributed by atoms with E-state index in [-0.39, 0.29) is 34.5 Å². The van der Waals surface area contributed by atoms with Crippen LogP contribution < -0.4 is 18.9 Å². The van der Waals surface area contributed by atoms with Crippen LogP contribution in [0.3, 0.4) is 0 Å². The lowest BCUT2D eigenvalue weighted by atomic mass is 10.0. The average molecular weight is 561 g/mol. The number of unbranched alkanes of at least 4 members (excludes halogenated alkanes) is 10. The quantitative estimate of drug-likeness (QED) is 0.0744. The van der Waals surface area contributed by atoms with Crippen molar-refractivity contribution in [2.75, 3.05) is 28.4 Å². The minimum Gasteiger partial charge on any atom is -0.504 e. The number of allylic oxidation sites excluding steroid dienone is 2. The van der Waals surface area contributed by atoms with Gasteiger partial charge in [0.1, 0.15) is 0 Å². The first-order valence-corrected chi connectivity index (χ1v) is 14.4. The van der Waals surface area contributed by atoms with Gasteiger partial charge in [-0.2, -0.15) is 0 Å². The maximum absolute atomic E-state index is 10.4. The summed E-state index contributed by atoms with van der Waals surface area (Å²) in [5.74, 6) is 1.19. The summed E-state index contributed by atoms with van der Waals surface area (Å²) in [7, 11) is 5.90. The zero-order valence-electron chi connectivity index (χ0n) is 24.6. The smallest absolute Gasteiger partial charge is 0.167 e. The predicted octanol–water partition coefficient (Wildman–Crippen LogP) is 7.57. The molecular formula is C32H48O8. The number of methoxy groups -OCH3 is 4. The average Bonchev–Trinajstić information content (AvgIpc) is 2.95. The summed E-state index contributed by atoms with van der Waals surface area (Å²) in [6, 6.07) is 2.74. The van der Waals surface area contributed by atoms with E-state index in [4.69, 9.17) is 18.9 Å². The Hall–Kier alpha value is -3.42. The number of phenolic OH excluding ortho intramolecular Hbond substituents is 4. The van der Waals surface area contributed by atoms with E-state index in [1.165, 1.54) is 66.3 Å². The maximum Gasteiger partial charge on any atom is 0.167 e. The molecule has 0 fully saturated rings. The summed E-state index contributed by atoms with van der Waals surface area (Å²) in [4.78, 5) is 0. The SMILES string of the molecule is COc1cc(O)c(OC)c(CCCCCCC/C=C/CCCCCCCc2c(O)c(OC)cc(O)c2OC)c1O. The Kier molecular flexibility index (Phi) is 14.8. The number of phenols is 4. The molecule has 2 aromatic carbocycles. The van der Waals surface area contributed by atoms with E-state index in [1.54, 1.807) is 0 Å². The molecule has 0 radical (unpaired) electrons. The topological polar surface area (TPSA) is 118 Å². The van der Waals surface area contributed by atoms with Crippen LogP contribution in [0.2, 0.25) is 0 Å². The van der Waals surface area contributed by atoms with Gasteiger partial charge >= 0.3 is 0 Å². The molecule has 0 spiro atoms. The van der Waals surface area contributed by atoms with Crippen molar-refractivity contribution in [3.8, 4) is 46.0 Å². The molecule has 0 saturated carbocycles. The second-order valence-corrected chi connectivity index (χ2v) is 10.0. The fraction of sp³-hybridized carbons (Fsp3) is 0.562. The van der Waals surface area contributed by atoms with Crippen LogP contribution in [-0.2, 0) is 12.8 Å². The van der Waals surface area contributed by atoms with Crippen LogP contribution in [0.4, 0.5) is 0 Å². The molecule has 8 heteroatoms. The van der Waals surface area contributed by atoms with Crippen molar-refractivity contribution in [2.45, 2.75) is 89.9 Å². The Labute approximate surface area is 239 Å². The molecule has 2 rings (SSSR count). The van der Waals surface area contributed by atoms with E-state index in [0.29, 0.717) is 35.5 Å². The van der Waals surface area contributed by atoms with Crippen LogP contribution in [-0.4, -0.2) is 48.9 Å². The highest BCUT2D eigenvalue weighted by Gasteiger charge is 2.19. The second-order valence-electron chi connectivity index (χ2n) is 10.0. The van der Waals surface area contributed by atoms with Crippen molar-refractivity contribution in [3.05, 3.63) is 35.4 Å². The third kappa shape index (κ3) is 9.65. The van der Waals surface area contributed by atoms with Crippen LogP contribution in [0.1, 0.15) is 88.2 Å². The van der Waals surface area contributed by atoms with Crippen molar-refractivity contribution in [2.24, 2.45) is 0 Å². The Bertz CT molecular complexity index is 980. The summed E-state index contributed by atoms with van der Waals surface area (Å²) in [6.07, 6.45) is 18.9. The maximum atomic E-state index is 10.4. The fourth-order valence-corrected chi connectivity index (χ4v) is 4.99. The summed E-state index contributed by atoms with van der Waals surface area (Å²) < 4.78 is 20.8. The first kappa shape index (κ1) is 32.8. The van der Waals surface area contributed by atoms with Crippen LogP contribution in [0.25, 0.3) is 0 Å². The van der Waals surface area contributed by atoms with Crippen molar-refractivity contribution in [1.82, 2.24) is 0 Å². The van der Waals surface area contributed by atoms with Gasteiger partial charge in [0, 0.05) is 23.3 Å². The van der Waals surface area contributed by atoms with Gasteiger partial charge in [0.05, 0.1) is 28.4 Å². The largest absolute Gasteiger partial charge is 0.504 e.